The third kappa shape index (κ3) is 4.54. The number of methoxy groups -OCH3 is 1. The minimum Gasteiger partial charge on any atom is -0.497 e. The van der Waals surface area contributed by atoms with Crippen molar-refractivity contribution in [1.29, 1.82) is 0 Å². The normalized spacial score (nSPS) is 28.9. The molecule has 2 amide bonds. The molecular formula is C29H39N3O3. The van der Waals surface area contributed by atoms with Crippen molar-refractivity contribution in [2.45, 2.75) is 49.7 Å². The fraction of sp³-hybridized carbons (Fsp3) is 0.552. The van der Waals surface area contributed by atoms with Crippen LogP contribution in [0.25, 0.3) is 0 Å². The van der Waals surface area contributed by atoms with Crippen LogP contribution >= 0.6 is 0 Å². The molecule has 0 bridgehead atoms. The van der Waals surface area contributed by atoms with E-state index in [0.29, 0.717) is 12.5 Å². The molecule has 0 radical (unpaired) electrons. The van der Waals surface area contributed by atoms with Gasteiger partial charge in [-0.1, -0.05) is 42.5 Å². The number of amides is 2. The van der Waals surface area contributed by atoms with Crippen LogP contribution in [0.4, 0.5) is 4.79 Å². The Balaban J connectivity index is 1.39. The van der Waals surface area contributed by atoms with Crippen LogP contribution in [0.3, 0.4) is 0 Å². The summed E-state index contributed by atoms with van der Waals surface area (Å²) in [5.74, 6) is 1.28. The summed E-state index contributed by atoms with van der Waals surface area (Å²) in [6.07, 6.45) is 5.16. The van der Waals surface area contributed by atoms with E-state index in [0.717, 1.165) is 69.7 Å². The average Bonchev–Trinajstić information content (AvgIpc) is 3.49. The first-order valence-corrected chi connectivity index (χ1v) is 13.0. The predicted octanol–water partition coefficient (Wildman–Crippen LogP) is 4.74. The summed E-state index contributed by atoms with van der Waals surface area (Å²) in [6, 6.07) is 19.2. The van der Waals surface area contributed by atoms with Gasteiger partial charge in [-0.25, -0.2) is 4.79 Å². The fourth-order valence-corrected chi connectivity index (χ4v) is 6.51. The van der Waals surface area contributed by atoms with Gasteiger partial charge in [-0.15, -0.1) is 0 Å². The van der Waals surface area contributed by atoms with Gasteiger partial charge in [0.15, 0.2) is 0 Å². The first-order valence-electron chi connectivity index (χ1n) is 13.0. The van der Waals surface area contributed by atoms with E-state index in [-0.39, 0.29) is 17.1 Å². The molecule has 6 nitrogen and oxygen atoms in total. The topological polar surface area (TPSA) is 45.2 Å². The van der Waals surface area contributed by atoms with Gasteiger partial charge in [0.25, 0.3) is 0 Å². The quantitative estimate of drug-likeness (QED) is 0.578. The maximum atomic E-state index is 13.8. The smallest absolute Gasteiger partial charge is 0.320 e. The number of hydrogen-bond acceptors (Lipinski definition) is 4. The lowest BCUT2D eigenvalue weighted by atomic mass is 9.68. The minimum atomic E-state index is -0.111. The molecule has 1 unspecified atom stereocenters. The van der Waals surface area contributed by atoms with Crippen LogP contribution in [-0.2, 0) is 16.8 Å². The van der Waals surface area contributed by atoms with Crippen molar-refractivity contribution in [1.82, 2.24) is 14.7 Å². The van der Waals surface area contributed by atoms with E-state index in [1.54, 1.807) is 7.11 Å². The maximum Gasteiger partial charge on any atom is 0.320 e. The summed E-state index contributed by atoms with van der Waals surface area (Å²) in [5, 5.41) is 0. The Morgan fingerprint density at radius 2 is 1.74 bits per heavy atom. The molecule has 1 aliphatic carbocycles. The molecule has 0 aromatic heterocycles. The molecule has 1 atom stereocenters. The second-order valence-corrected chi connectivity index (χ2v) is 10.8. The van der Waals surface area contributed by atoms with Gasteiger partial charge in [0.1, 0.15) is 5.75 Å². The van der Waals surface area contributed by atoms with Crippen molar-refractivity contribution < 1.29 is 14.3 Å². The van der Waals surface area contributed by atoms with Crippen molar-refractivity contribution in [3.05, 3.63) is 65.7 Å². The van der Waals surface area contributed by atoms with E-state index in [2.05, 4.69) is 71.3 Å². The van der Waals surface area contributed by atoms with Gasteiger partial charge in [0.2, 0.25) is 0 Å². The van der Waals surface area contributed by atoms with Crippen LogP contribution in [0, 0.1) is 5.92 Å². The number of nitrogens with zero attached hydrogens (tertiary/aromatic N) is 3. The molecule has 188 valence electrons. The average molecular weight is 478 g/mol. The fourth-order valence-electron chi connectivity index (χ4n) is 6.51. The summed E-state index contributed by atoms with van der Waals surface area (Å²) in [5.41, 5.74) is 2.43. The van der Waals surface area contributed by atoms with E-state index >= 15 is 0 Å². The van der Waals surface area contributed by atoms with Gasteiger partial charge in [0, 0.05) is 37.7 Å². The van der Waals surface area contributed by atoms with E-state index in [1.807, 2.05) is 12.1 Å². The Morgan fingerprint density at radius 1 is 1.03 bits per heavy atom. The third-order valence-electron chi connectivity index (χ3n) is 8.73. The molecule has 0 N–H and O–H groups in total. The van der Waals surface area contributed by atoms with Gasteiger partial charge < -0.3 is 19.3 Å². The van der Waals surface area contributed by atoms with Crippen molar-refractivity contribution in [2.24, 2.45) is 5.92 Å². The Labute approximate surface area is 209 Å². The standard InChI is InChI=1S/C29H39N3O3/c1-30(2)29(25-7-5-4-6-8-25)16-14-28(15-17-29)22-31(19-23-9-11-26(34-3)12-10-23)27(33)32(28)20-24-13-18-35-21-24/h4-12,24H,13-22H2,1-3H3/t24?,28-,29+. The van der Waals surface area contributed by atoms with E-state index < -0.39 is 0 Å². The molecule has 3 aliphatic rings. The predicted molar refractivity (Wildman–Crippen MR) is 137 cm³/mol. The minimum absolute atomic E-state index is 0.0150. The highest BCUT2D eigenvalue weighted by Crippen LogP contribution is 2.49. The van der Waals surface area contributed by atoms with Crippen molar-refractivity contribution >= 4 is 6.03 Å². The number of carbonyl (C=O) groups is 1. The largest absolute Gasteiger partial charge is 0.497 e. The Kier molecular flexibility index (Phi) is 6.78. The highest BCUT2D eigenvalue weighted by molar-refractivity contribution is 5.78. The van der Waals surface area contributed by atoms with E-state index in [9.17, 15) is 4.79 Å². The molecule has 5 rings (SSSR count). The molecule has 35 heavy (non-hydrogen) atoms. The second kappa shape index (κ2) is 9.82. The van der Waals surface area contributed by atoms with Crippen LogP contribution in [-0.4, -0.2) is 73.8 Å². The molecule has 2 aliphatic heterocycles. The molecule has 1 saturated carbocycles. The number of urea groups is 1. The van der Waals surface area contributed by atoms with Crippen molar-refractivity contribution in [3.63, 3.8) is 0 Å². The molecule has 3 fully saturated rings. The van der Waals surface area contributed by atoms with Crippen LogP contribution in [0.5, 0.6) is 5.75 Å². The number of benzene rings is 2. The zero-order chi connectivity index (χ0) is 24.5. The number of ether oxygens (including phenoxy) is 2. The Hall–Kier alpha value is -2.57. The Bertz CT molecular complexity index is 994. The summed E-state index contributed by atoms with van der Waals surface area (Å²) in [7, 11) is 6.09. The highest BCUT2D eigenvalue weighted by Gasteiger charge is 2.54. The Morgan fingerprint density at radius 3 is 2.34 bits per heavy atom. The molecule has 2 heterocycles. The van der Waals surface area contributed by atoms with Gasteiger partial charge >= 0.3 is 6.03 Å². The lowest BCUT2D eigenvalue weighted by molar-refractivity contribution is 0.0195. The summed E-state index contributed by atoms with van der Waals surface area (Å²) in [4.78, 5) is 20.5. The zero-order valence-corrected chi connectivity index (χ0v) is 21.4. The van der Waals surface area contributed by atoms with E-state index in [4.69, 9.17) is 9.47 Å². The first-order chi connectivity index (χ1) is 17.0. The monoisotopic (exact) mass is 477 g/mol. The number of rotatable bonds is 7. The summed E-state index contributed by atoms with van der Waals surface area (Å²) in [6.45, 7) is 3.82. The molecular weight excluding hydrogens is 438 g/mol. The van der Waals surface area contributed by atoms with Crippen molar-refractivity contribution in [2.75, 3.05) is 47.5 Å². The molecule has 1 spiro atoms. The molecule has 2 aromatic carbocycles. The third-order valence-corrected chi connectivity index (χ3v) is 8.73. The van der Waals surface area contributed by atoms with Gasteiger partial charge in [0.05, 0.1) is 19.3 Å². The van der Waals surface area contributed by atoms with Crippen LogP contribution in [0.1, 0.15) is 43.2 Å². The van der Waals surface area contributed by atoms with E-state index in [1.165, 1.54) is 5.56 Å². The number of carbonyl (C=O) groups excluding carboxylic acids is 1. The highest BCUT2D eigenvalue weighted by atomic mass is 16.5. The van der Waals surface area contributed by atoms with Gasteiger partial charge in [-0.3, -0.25) is 4.90 Å². The van der Waals surface area contributed by atoms with Gasteiger partial charge in [-0.05, 0) is 69.5 Å². The first kappa shape index (κ1) is 24.1. The molecule has 2 saturated heterocycles. The SMILES string of the molecule is COc1ccc(CN2C[C@]3(CC[C@](c4ccccc4)(N(C)C)CC3)N(CC3CCOC3)C2=O)cc1. The van der Waals surface area contributed by atoms with Gasteiger partial charge in [-0.2, -0.15) is 0 Å². The zero-order valence-electron chi connectivity index (χ0n) is 21.4. The maximum absolute atomic E-state index is 13.8. The van der Waals surface area contributed by atoms with Crippen molar-refractivity contribution in [3.8, 4) is 5.75 Å². The second-order valence-electron chi connectivity index (χ2n) is 10.8. The summed E-state index contributed by atoms with van der Waals surface area (Å²) >= 11 is 0. The molecule has 2 aromatic rings. The van der Waals surface area contributed by atoms with Crippen LogP contribution in [0.2, 0.25) is 0 Å². The molecule has 6 heteroatoms. The van der Waals surface area contributed by atoms with Crippen LogP contribution in [0.15, 0.2) is 54.6 Å². The lowest BCUT2D eigenvalue weighted by Gasteiger charge is -2.51. The lowest BCUT2D eigenvalue weighted by Crippen LogP contribution is -2.56. The summed E-state index contributed by atoms with van der Waals surface area (Å²) < 4.78 is 11.0. The number of hydrogen-bond donors (Lipinski definition) is 0. The van der Waals surface area contributed by atoms with Crippen LogP contribution < -0.4 is 4.74 Å².